The van der Waals surface area contributed by atoms with Crippen LogP contribution < -0.4 is 9.62 Å². The predicted octanol–water partition coefficient (Wildman–Crippen LogP) is 5.94. The van der Waals surface area contributed by atoms with Gasteiger partial charge < -0.3 is 10.2 Å². The molecule has 0 saturated carbocycles. The first-order valence-corrected chi connectivity index (χ1v) is 15.0. The highest BCUT2D eigenvalue weighted by atomic mass is 79.9. The number of hydrogen-bond donors (Lipinski definition) is 1. The summed E-state index contributed by atoms with van der Waals surface area (Å²) in [5.41, 5.74) is 1.47. The Labute approximate surface area is 244 Å². The van der Waals surface area contributed by atoms with Gasteiger partial charge in [0.25, 0.3) is 10.0 Å². The summed E-state index contributed by atoms with van der Waals surface area (Å²) in [5.74, 6) is -0.874. The van der Waals surface area contributed by atoms with E-state index in [0.29, 0.717) is 10.7 Å². The van der Waals surface area contributed by atoms with Crippen LogP contribution in [0.1, 0.15) is 38.8 Å². The Bertz CT molecular complexity index is 1400. The molecule has 0 bridgehead atoms. The van der Waals surface area contributed by atoms with Gasteiger partial charge in [-0.25, -0.2) is 8.42 Å². The zero-order valence-corrected chi connectivity index (χ0v) is 25.8. The molecule has 2 amide bonds. The van der Waals surface area contributed by atoms with Crippen LogP contribution in [0.4, 0.5) is 5.69 Å². The lowest BCUT2D eigenvalue weighted by Gasteiger charge is -2.33. The Morgan fingerprint density at radius 3 is 2.05 bits per heavy atom. The first-order valence-electron chi connectivity index (χ1n) is 12.4. The van der Waals surface area contributed by atoms with E-state index in [9.17, 15) is 18.0 Å². The monoisotopic (exact) mass is 633 g/mol. The van der Waals surface area contributed by atoms with E-state index in [1.54, 1.807) is 67.6 Å². The van der Waals surface area contributed by atoms with E-state index >= 15 is 0 Å². The van der Waals surface area contributed by atoms with Gasteiger partial charge in [-0.1, -0.05) is 57.4 Å². The Morgan fingerprint density at radius 2 is 1.51 bits per heavy atom. The number of anilines is 1. The van der Waals surface area contributed by atoms with Crippen LogP contribution >= 0.6 is 27.5 Å². The van der Waals surface area contributed by atoms with E-state index in [-0.39, 0.29) is 17.3 Å². The van der Waals surface area contributed by atoms with Crippen LogP contribution in [0.5, 0.6) is 0 Å². The van der Waals surface area contributed by atoms with Gasteiger partial charge in [0.1, 0.15) is 12.6 Å². The number of hydrogen-bond acceptors (Lipinski definition) is 4. The van der Waals surface area contributed by atoms with Gasteiger partial charge in [0, 0.05) is 21.6 Å². The molecule has 0 unspecified atom stereocenters. The number of benzene rings is 3. The maximum atomic E-state index is 13.9. The molecular formula is C29H33BrClN3O4S. The van der Waals surface area contributed by atoms with Gasteiger partial charge in [-0.2, -0.15) is 0 Å². The molecule has 7 nitrogen and oxygen atoms in total. The molecular weight excluding hydrogens is 602 g/mol. The molecule has 0 aliphatic carbocycles. The van der Waals surface area contributed by atoms with Crippen molar-refractivity contribution < 1.29 is 18.0 Å². The highest BCUT2D eigenvalue weighted by molar-refractivity contribution is 9.10. The van der Waals surface area contributed by atoms with E-state index in [1.165, 1.54) is 17.0 Å². The first-order chi connectivity index (χ1) is 18.2. The lowest BCUT2D eigenvalue weighted by atomic mass is 10.1. The fourth-order valence-electron chi connectivity index (χ4n) is 3.82. The minimum atomic E-state index is -4.11. The molecule has 0 aliphatic rings. The molecule has 0 saturated heterocycles. The van der Waals surface area contributed by atoms with Gasteiger partial charge in [0.2, 0.25) is 11.8 Å². The molecule has 0 aromatic heterocycles. The smallest absolute Gasteiger partial charge is 0.264 e. The number of carbonyl (C=O) groups excluding carboxylic acids is 2. The van der Waals surface area contributed by atoms with Crippen LogP contribution in [-0.2, 0) is 26.2 Å². The number of aryl methyl sites for hydroxylation is 1. The normalized spacial score (nSPS) is 12.5. The molecule has 3 aromatic rings. The first kappa shape index (κ1) is 30.7. The Balaban J connectivity index is 2.02. The van der Waals surface area contributed by atoms with Crippen LogP contribution in [-0.4, -0.2) is 43.3 Å². The second-order valence-electron chi connectivity index (χ2n) is 10.4. The third-order valence-corrected chi connectivity index (χ3v) is 8.50. The number of halogens is 2. The van der Waals surface area contributed by atoms with Crippen LogP contribution in [0.3, 0.4) is 0 Å². The SMILES string of the molecule is Cc1ccc(S(=O)(=O)N(CC(=O)N(Cc2ccc(Cl)cc2)[C@H](C)C(=O)NC(C)(C)C)c2ccc(Br)cc2)cc1. The Hall–Kier alpha value is -2.88. The number of sulfonamides is 1. The second-order valence-corrected chi connectivity index (χ2v) is 13.6. The van der Waals surface area contributed by atoms with Gasteiger partial charge in [0.15, 0.2) is 0 Å². The van der Waals surface area contributed by atoms with Crippen LogP contribution in [0.15, 0.2) is 82.2 Å². The predicted molar refractivity (Wildman–Crippen MR) is 159 cm³/mol. The van der Waals surface area contributed by atoms with Crippen molar-refractivity contribution in [2.45, 2.75) is 57.6 Å². The van der Waals surface area contributed by atoms with E-state index in [2.05, 4.69) is 21.2 Å². The molecule has 0 heterocycles. The molecule has 10 heteroatoms. The Kier molecular flexibility index (Phi) is 9.85. The van der Waals surface area contributed by atoms with Crippen molar-refractivity contribution >= 4 is 55.1 Å². The number of nitrogens with zero attached hydrogens (tertiary/aromatic N) is 2. The van der Waals surface area contributed by atoms with Crippen molar-refractivity contribution in [3.8, 4) is 0 Å². The molecule has 0 fully saturated rings. The second kappa shape index (κ2) is 12.5. The van der Waals surface area contributed by atoms with E-state index in [1.807, 2.05) is 27.7 Å². The fraction of sp³-hybridized carbons (Fsp3) is 0.310. The van der Waals surface area contributed by atoms with Crippen LogP contribution in [0.2, 0.25) is 5.02 Å². The average Bonchev–Trinajstić information content (AvgIpc) is 2.86. The minimum absolute atomic E-state index is 0.0617. The molecule has 0 radical (unpaired) electrons. The molecule has 3 rings (SSSR count). The molecule has 3 aromatic carbocycles. The van der Waals surface area contributed by atoms with Crippen molar-refractivity contribution in [1.82, 2.24) is 10.2 Å². The topological polar surface area (TPSA) is 86.8 Å². The summed E-state index contributed by atoms with van der Waals surface area (Å²) in [6.07, 6.45) is 0. The van der Waals surface area contributed by atoms with Crippen molar-refractivity contribution in [3.05, 3.63) is 93.4 Å². The fourth-order valence-corrected chi connectivity index (χ4v) is 5.62. The highest BCUT2D eigenvalue weighted by Gasteiger charge is 2.33. The van der Waals surface area contributed by atoms with Gasteiger partial charge in [-0.05, 0) is 88.7 Å². The largest absolute Gasteiger partial charge is 0.350 e. The standard InChI is InChI=1S/C29H33BrClN3O4S/c1-20-6-16-26(17-7-20)39(37,38)34(25-14-10-23(30)11-15-25)19-27(35)33(18-22-8-12-24(31)13-9-22)21(2)28(36)32-29(3,4)5/h6-17,21H,18-19H2,1-5H3,(H,32,36)/t21-/m1/s1. The van der Waals surface area contributed by atoms with Crippen molar-refractivity contribution in [1.29, 1.82) is 0 Å². The summed E-state index contributed by atoms with van der Waals surface area (Å²) < 4.78 is 29.5. The third-order valence-electron chi connectivity index (χ3n) is 5.93. The van der Waals surface area contributed by atoms with E-state index in [4.69, 9.17) is 11.6 Å². The van der Waals surface area contributed by atoms with Crippen molar-refractivity contribution in [2.75, 3.05) is 10.8 Å². The van der Waals surface area contributed by atoms with Crippen LogP contribution in [0.25, 0.3) is 0 Å². The lowest BCUT2D eigenvalue weighted by molar-refractivity contribution is -0.140. The lowest BCUT2D eigenvalue weighted by Crippen LogP contribution is -2.54. The quantitative estimate of drug-likeness (QED) is 0.316. The van der Waals surface area contributed by atoms with Gasteiger partial charge in [0.05, 0.1) is 10.6 Å². The zero-order valence-electron chi connectivity index (χ0n) is 22.6. The summed E-state index contributed by atoms with van der Waals surface area (Å²) >= 11 is 9.42. The number of rotatable bonds is 9. The summed E-state index contributed by atoms with van der Waals surface area (Å²) in [4.78, 5) is 28.5. The molecule has 208 valence electrons. The Morgan fingerprint density at radius 1 is 0.949 bits per heavy atom. The van der Waals surface area contributed by atoms with Gasteiger partial charge in [-0.3, -0.25) is 13.9 Å². The summed E-state index contributed by atoms with van der Waals surface area (Å²) in [6, 6.07) is 19.2. The molecule has 0 spiro atoms. The highest BCUT2D eigenvalue weighted by Crippen LogP contribution is 2.26. The molecule has 0 aliphatic heterocycles. The zero-order chi connectivity index (χ0) is 29.0. The number of nitrogens with one attached hydrogen (secondary N) is 1. The molecule has 1 N–H and O–H groups in total. The molecule has 1 atom stereocenters. The van der Waals surface area contributed by atoms with Crippen molar-refractivity contribution in [3.63, 3.8) is 0 Å². The average molecular weight is 635 g/mol. The summed E-state index contributed by atoms with van der Waals surface area (Å²) in [6.45, 7) is 8.65. The van der Waals surface area contributed by atoms with Gasteiger partial charge in [-0.15, -0.1) is 0 Å². The summed E-state index contributed by atoms with van der Waals surface area (Å²) in [5, 5.41) is 3.45. The van der Waals surface area contributed by atoms with Crippen LogP contribution in [0, 0.1) is 6.92 Å². The molecule has 39 heavy (non-hydrogen) atoms. The maximum Gasteiger partial charge on any atom is 0.264 e. The van der Waals surface area contributed by atoms with Gasteiger partial charge >= 0.3 is 0 Å². The minimum Gasteiger partial charge on any atom is -0.350 e. The van der Waals surface area contributed by atoms with E-state index < -0.39 is 34.1 Å². The maximum absolute atomic E-state index is 13.9. The summed E-state index contributed by atoms with van der Waals surface area (Å²) in [7, 11) is -4.11. The van der Waals surface area contributed by atoms with Crippen molar-refractivity contribution in [2.24, 2.45) is 0 Å². The third kappa shape index (κ3) is 8.30. The number of carbonyl (C=O) groups is 2. The number of amides is 2. The van der Waals surface area contributed by atoms with E-state index in [0.717, 1.165) is 19.9 Å².